The predicted octanol–water partition coefficient (Wildman–Crippen LogP) is 7.42. The molecule has 1 fully saturated rings. The summed E-state index contributed by atoms with van der Waals surface area (Å²) in [4.78, 5) is 31.5. The number of nitrogens with zero attached hydrogens (tertiary/aromatic N) is 3. The number of urea groups is 1. The molecule has 0 bridgehead atoms. The molecule has 1 aromatic heterocycles. The Balaban J connectivity index is 1.24. The van der Waals surface area contributed by atoms with E-state index < -0.39 is 0 Å². The highest BCUT2D eigenvalue weighted by Crippen LogP contribution is 2.43. The van der Waals surface area contributed by atoms with Crippen molar-refractivity contribution >= 4 is 45.7 Å². The molecule has 0 spiro atoms. The Bertz CT molecular complexity index is 1740. The van der Waals surface area contributed by atoms with Gasteiger partial charge in [-0.2, -0.15) is 0 Å². The standard InChI is InChI=1S/C33H27ClN4O2/c34-24-16-14-23(15-17-24)32-30-13-6-20-36(30)28-11-3-4-12-29(28)38(32)31(39)21-37(25-18-19-25)33(40)35-27-10-5-8-22-7-1-2-9-26(22)27/h1-17,20,25,32H,18-19,21H2,(H,35,40). The number of rotatable bonds is 5. The van der Waals surface area contributed by atoms with Crippen molar-refractivity contribution in [1.29, 1.82) is 0 Å². The third kappa shape index (κ3) is 4.31. The van der Waals surface area contributed by atoms with E-state index >= 15 is 0 Å². The van der Waals surface area contributed by atoms with Crippen LogP contribution in [0.4, 0.5) is 16.2 Å². The van der Waals surface area contributed by atoms with Crippen LogP contribution in [-0.4, -0.2) is 34.0 Å². The first-order valence-electron chi connectivity index (χ1n) is 13.5. The lowest BCUT2D eigenvalue weighted by molar-refractivity contribution is -0.119. The highest BCUT2D eigenvalue weighted by atomic mass is 35.5. The van der Waals surface area contributed by atoms with Crippen molar-refractivity contribution in [2.24, 2.45) is 0 Å². The first-order valence-corrected chi connectivity index (χ1v) is 13.9. The van der Waals surface area contributed by atoms with E-state index in [4.69, 9.17) is 11.6 Å². The summed E-state index contributed by atoms with van der Waals surface area (Å²) in [6.45, 7) is -0.0274. The summed E-state index contributed by atoms with van der Waals surface area (Å²) in [5.74, 6) is -0.139. The maximum Gasteiger partial charge on any atom is 0.322 e. The molecule has 1 saturated carbocycles. The molecule has 0 saturated heterocycles. The number of halogens is 1. The van der Waals surface area contributed by atoms with Gasteiger partial charge in [-0.1, -0.05) is 72.3 Å². The van der Waals surface area contributed by atoms with E-state index in [1.807, 2.05) is 114 Å². The Hall–Kier alpha value is -4.55. The number of fused-ring (bicyclic) bond motifs is 4. The topological polar surface area (TPSA) is 57.6 Å². The Labute approximate surface area is 237 Å². The van der Waals surface area contributed by atoms with Crippen LogP contribution in [0.25, 0.3) is 16.5 Å². The van der Waals surface area contributed by atoms with Gasteiger partial charge in [-0.15, -0.1) is 0 Å². The van der Waals surface area contributed by atoms with Crippen molar-refractivity contribution in [2.45, 2.75) is 24.9 Å². The second-order valence-corrected chi connectivity index (χ2v) is 10.8. The highest BCUT2D eigenvalue weighted by Gasteiger charge is 2.40. The average Bonchev–Trinajstić information content (AvgIpc) is 3.70. The molecule has 1 atom stereocenters. The summed E-state index contributed by atoms with van der Waals surface area (Å²) in [6, 6.07) is 32.8. The number of aromatic nitrogens is 1. The number of hydrogen-bond donors (Lipinski definition) is 1. The molecule has 7 heteroatoms. The van der Waals surface area contributed by atoms with Crippen LogP contribution in [0.3, 0.4) is 0 Å². The maximum absolute atomic E-state index is 14.3. The van der Waals surface area contributed by atoms with E-state index in [1.54, 1.807) is 4.90 Å². The van der Waals surface area contributed by atoms with E-state index in [1.165, 1.54) is 0 Å². The van der Waals surface area contributed by atoms with Gasteiger partial charge < -0.3 is 14.8 Å². The lowest BCUT2D eigenvalue weighted by Gasteiger charge is -2.39. The molecular formula is C33H27ClN4O2. The fourth-order valence-corrected chi connectivity index (χ4v) is 5.84. The van der Waals surface area contributed by atoms with Crippen LogP contribution in [0, 0.1) is 0 Å². The Morgan fingerprint density at radius 2 is 1.55 bits per heavy atom. The van der Waals surface area contributed by atoms with Gasteiger partial charge in [0.15, 0.2) is 0 Å². The number of amides is 3. The molecule has 5 aromatic rings. The van der Waals surface area contributed by atoms with Gasteiger partial charge in [-0.25, -0.2) is 4.79 Å². The molecule has 198 valence electrons. The third-order valence-electron chi connectivity index (χ3n) is 7.76. The van der Waals surface area contributed by atoms with Crippen molar-refractivity contribution in [3.8, 4) is 5.69 Å². The third-order valence-corrected chi connectivity index (χ3v) is 8.01. The minimum Gasteiger partial charge on any atom is -0.316 e. The molecule has 2 heterocycles. The minimum absolute atomic E-state index is 0.0274. The van der Waals surface area contributed by atoms with Gasteiger partial charge in [0, 0.05) is 22.6 Å². The van der Waals surface area contributed by atoms with Crippen molar-refractivity contribution in [3.05, 3.63) is 126 Å². The molecule has 1 N–H and O–H groups in total. The molecule has 6 nitrogen and oxygen atoms in total. The van der Waals surface area contributed by atoms with Crippen LogP contribution in [-0.2, 0) is 4.79 Å². The monoisotopic (exact) mass is 546 g/mol. The van der Waals surface area contributed by atoms with Gasteiger partial charge in [-0.3, -0.25) is 9.69 Å². The van der Waals surface area contributed by atoms with Crippen LogP contribution < -0.4 is 10.2 Å². The van der Waals surface area contributed by atoms with E-state index in [2.05, 4.69) is 9.88 Å². The van der Waals surface area contributed by atoms with Crippen LogP contribution in [0.1, 0.15) is 30.1 Å². The largest absolute Gasteiger partial charge is 0.322 e. The van der Waals surface area contributed by atoms with E-state index in [0.29, 0.717) is 5.02 Å². The number of benzene rings is 4. The highest BCUT2D eigenvalue weighted by molar-refractivity contribution is 6.30. The first kappa shape index (κ1) is 24.5. The molecule has 1 aliphatic heterocycles. The number of anilines is 2. The van der Waals surface area contributed by atoms with E-state index in [9.17, 15) is 9.59 Å². The van der Waals surface area contributed by atoms with Crippen LogP contribution in [0.15, 0.2) is 109 Å². The quantitative estimate of drug-likeness (QED) is 0.249. The number of carbonyl (C=O) groups is 2. The molecule has 1 unspecified atom stereocenters. The molecule has 0 radical (unpaired) electrons. The summed E-state index contributed by atoms with van der Waals surface area (Å²) in [5.41, 5.74) is 4.40. The smallest absolute Gasteiger partial charge is 0.316 e. The Kier molecular flexibility index (Phi) is 6.05. The van der Waals surface area contributed by atoms with Crippen LogP contribution in [0.2, 0.25) is 5.02 Å². The number of nitrogens with one attached hydrogen (secondary N) is 1. The first-order chi connectivity index (χ1) is 19.6. The molecule has 1 aliphatic carbocycles. The zero-order valence-corrected chi connectivity index (χ0v) is 22.5. The van der Waals surface area contributed by atoms with Crippen LogP contribution in [0.5, 0.6) is 0 Å². The fourth-order valence-electron chi connectivity index (χ4n) is 5.72. The van der Waals surface area contributed by atoms with Gasteiger partial charge in [0.1, 0.15) is 12.6 Å². The minimum atomic E-state index is -0.364. The molecular weight excluding hydrogens is 520 g/mol. The summed E-state index contributed by atoms with van der Waals surface area (Å²) >= 11 is 6.22. The molecule has 40 heavy (non-hydrogen) atoms. The average molecular weight is 547 g/mol. The van der Waals surface area contributed by atoms with Crippen LogP contribution >= 0.6 is 11.6 Å². The molecule has 4 aromatic carbocycles. The molecule has 2 aliphatic rings. The summed E-state index contributed by atoms with van der Waals surface area (Å²) in [6.07, 6.45) is 3.79. The van der Waals surface area contributed by atoms with Gasteiger partial charge in [-0.05, 0) is 66.3 Å². The number of para-hydroxylation sites is 2. The van der Waals surface area contributed by atoms with Crippen molar-refractivity contribution in [2.75, 3.05) is 16.8 Å². The Morgan fingerprint density at radius 3 is 2.35 bits per heavy atom. The predicted molar refractivity (Wildman–Crippen MR) is 159 cm³/mol. The lowest BCUT2D eigenvalue weighted by atomic mass is 9.97. The number of hydrogen-bond acceptors (Lipinski definition) is 2. The summed E-state index contributed by atoms with van der Waals surface area (Å²) in [7, 11) is 0. The normalized spacial score (nSPS) is 15.8. The van der Waals surface area contributed by atoms with E-state index in [-0.39, 0.29) is 30.6 Å². The van der Waals surface area contributed by atoms with Gasteiger partial charge in [0.2, 0.25) is 5.91 Å². The van der Waals surface area contributed by atoms with Crippen molar-refractivity contribution in [3.63, 3.8) is 0 Å². The van der Waals surface area contributed by atoms with Gasteiger partial charge >= 0.3 is 6.03 Å². The maximum atomic E-state index is 14.3. The second kappa shape index (κ2) is 9.88. The van der Waals surface area contributed by atoms with Crippen molar-refractivity contribution in [1.82, 2.24) is 9.47 Å². The zero-order valence-electron chi connectivity index (χ0n) is 21.7. The lowest BCUT2D eigenvalue weighted by Crippen LogP contribution is -2.48. The van der Waals surface area contributed by atoms with E-state index in [0.717, 1.165) is 51.9 Å². The number of carbonyl (C=O) groups excluding carboxylic acids is 2. The molecule has 7 rings (SSSR count). The Morgan fingerprint density at radius 1 is 0.825 bits per heavy atom. The van der Waals surface area contributed by atoms with Gasteiger partial charge in [0.25, 0.3) is 0 Å². The zero-order chi connectivity index (χ0) is 27.2. The second-order valence-electron chi connectivity index (χ2n) is 10.3. The fraction of sp³-hybridized carbons (Fsp3) is 0.152. The summed E-state index contributed by atoms with van der Waals surface area (Å²) < 4.78 is 2.13. The summed E-state index contributed by atoms with van der Waals surface area (Å²) in [5, 5.41) is 5.74. The SMILES string of the molecule is O=C(Nc1cccc2ccccc12)N(CC(=O)N1c2ccccc2-n2cccc2C1c1ccc(Cl)cc1)C1CC1. The molecule has 3 amide bonds. The van der Waals surface area contributed by atoms with Gasteiger partial charge in [0.05, 0.1) is 22.8 Å². The van der Waals surface area contributed by atoms with Crippen molar-refractivity contribution < 1.29 is 9.59 Å².